The van der Waals surface area contributed by atoms with Gasteiger partial charge in [-0.05, 0) is 43.7 Å². The zero-order valence-corrected chi connectivity index (χ0v) is 14.3. The van der Waals surface area contributed by atoms with E-state index in [-0.39, 0.29) is 18.1 Å². The number of halogens is 1. The van der Waals surface area contributed by atoms with Crippen molar-refractivity contribution in [2.75, 3.05) is 13.2 Å². The summed E-state index contributed by atoms with van der Waals surface area (Å²) in [5.74, 6) is 0.723. The SMILES string of the molecule is CCOc1ccc(/C=N/NC(=O)Cc2ccc(F)cc2)c(OCC)c1. The van der Waals surface area contributed by atoms with Gasteiger partial charge in [-0.1, -0.05) is 12.1 Å². The van der Waals surface area contributed by atoms with E-state index in [2.05, 4.69) is 10.5 Å². The minimum Gasteiger partial charge on any atom is -0.494 e. The Bertz CT molecular complexity index is 730. The molecule has 0 radical (unpaired) electrons. The van der Waals surface area contributed by atoms with Crippen molar-refractivity contribution in [3.63, 3.8) is 0 Å². The van der Waals surface area contributed by atoms with Crippen molar-refractivity contribution in [3.05, 3.63) is 59.4 Å². The smallest absolute Gasteiger partial charge is 0.244 e. The van der Waals surface area contributed by atoms with Crippen LogP contribution in [0.4, 0.5) is 4.39 Å². The maximum Gasteiger partial charge on any atom is 0.244 e. The van der Waals surface area contributed by atoms with Crippen LogP contribution in [0.3, 0.4) is 0 Å². The zero-order valence-electron chi connectivity index (χ0n) is 14.3. The number of rotatable bonds is 8. The van der Waals surface area contributed by atoms with Gasteiger partial charge >= 0.3 is 0 Å². The summed E-state index contributed by atoms with van der Waals surface area (Å²) in [6.07, 6.45) is 1.64. The van der Waals surface area contributed by atoms with E-state index in [0.717, 1.165) is 5.56 Å². The molecule has 0 spiro atoms. The Labute approximate surface area is 146 Å². The lowest BCUT2D eigenvalue weighted by Crippen LogP contribution is -2.19. The molecule has 0 atom stereocenters. The normalized spacial score (nSPS) is 10.7. The molecule has 0 aliphatic carbocycles. The molecule has 0 bridgehead atoms. The van der Waals surface area contributed by atoms with Crippen LogP contribution in [0, 0.1) is 5.82 Å². The monoisotopic (exact) mass is 344 g/mol. The van der Waals surface area contributed by atoms with Crippen LogP contribution in [0.25, 0.3) is 0 Å². The molecule has 1 N–H and O–H groups in total. The second kappa shape index (κ2) is 9.42. The fourth-order valence-corrected chi connectivity index (χ4v) is 2.16. The average Bonchev–Trinajstić information content (AvgIpc) is 2.59. The highest BCUT2D eigenvalue weighted by Crippen LogP contribution is 2.23. The third-order valence-electron chi connectivity index (χ3n) is 3.27. The van der Waals surface area contributed by atoms with Crippen molar-refractivity contribution < 1.29 is 18.7 Å². The Morgan fingerprint density at radius 3 is 2.52 bits per heavy atom. The van der Waals surface area contributed by atoms with Gasteiger partial charge < -0.3 is 9.47 Å². The highest BCUT2D eigenvalue weighted by molar-refractivity contribution is 5.86. The largest absolute Gasteiger partial charge is 0.494 e. The van der Waals surface area contributed by atoms with Crippen LogP contribution in [0.1, 0.15) is 25.0 Å². The standard InChI is InChI=1S/C19H21FN2O3/c1-3-24-17-10-7-15(18(12-17)25-4-2)13-21-22-19(23)11-14-5-8-16(20)9-6-14/h5-10,12-13H,3-4,11H2,1-2H3,(H,22,23)/b21-13+. The van der Waals surface area contributed by atoms with Crippen LogP contribution >= 0.6 is 0 Å². The van der Waals surface area contributed by atoms with Gasteiger partial charge in [0, 0.05) is 11.6 Å². The fraction of sp³-hybridized carbons (Fsp3) is 0.263. The van der Waals surface area contributed by atoms with E-state index in [4.69, 9.17) is 9.47 Å². The predicted octanol–water partition coefficient (Wildman–Crippen LogP) is 3.32. The van der Waals surface area contributed by atoms with Crippen molar-refractivity contribution in [1.29, 1.82) is 0 Å². The van der Waals surface area contributed by atoms with Gasteiger partial charge in [0.2, 0.25) is 5.91 Å². The fourth-order valence-electron chi connectivity index (χ4n) is 2.16. The molecule has 0 unspecified atom stereocenters. The minimum absolute atomic E-state index is 0.124. The van der Waals surface area contributed by atoms with Crippen molar-refractivity contribution in [1.82, 2.24) is 5.43 Å². The van der Waals surface area contributed by atoms with Gasteiger partial charge in [-0.2, -0.15) is 5.10 Å². The number of hydrogen-bond donors (Lipinski definition) is 1. The van der Waals surface area contributed by atoms with E-state index in [1.807, 2.05) is 26.0 Å². The number of benzene rings is 2. The molecule has 0 fully saturated rings. The molecule has 2 aromatic rings. The third-order valence-corrected chi connectivity index (χ3v) is 3.27. The van der Waals surface area contributed by atoms with E-state index in [1.54, 1.807) is 18.2 Å². The van der Waals surface area contributed by atoms with Crippen molar-refractivity contribution >= 4 is 12.1 Å². The maximum atomic E-state index is 12.8. The second-order valence-electron chi connectivity index (χ2n) is 5.16. The Morgan fingerprint density at radius 1 is 1.12 bits per heavy atom. The number of amides is 1. The van der Waals surface area contributed by atoms with Gasteiger partial charge in [0.15, 0.2) is 0 Å². The number of ether oxygens (including phenoxy) is 2. The molecule has 0 aliphatic rings. The first-order chi connectivity index (χ1) is 12.1. The molecule has 5 nitrogen and oxygen atoms in total. The average molecular weight is 344 g/mol. The van der Waals surface area contributed by atoms with E-state index in [0.29, 0.717) is 30.3 Å². The van der Waals surface area contributed by atoms with E-state index < -0.39 is 0 Å². The molecule has 2 aromatic carbocycles. The molecule has 0 heterocycles. The Morgan fingerprint density at radius 2 is 1.84 bits per heavy atom. The molecule has 6 heteroatoms. The molecular formula is C19H21FN2O3. The molecule has 0 saturated heterocycles. The molecular weight excluding hydrogens is 323 g/mol. The quantitative estimate of drug-likeness (QED) is 0.590. The van der Waals surface area contributed by atoms with Crippen LogP contribution in [0.5, 0.6) is 11.5 Å². The van der Waals surface area contributed by atoms with Gasteiger partial charge in [0.25, 0.3) is 0 Å². The third kappa shape index (κ3) is 5.91. The predicted molar refractivity (Wildman–Crippen MR) is 94.6 cm³/mol. The summed E-state index contributed by atoms with van der Waals surface area (Å²) >= 11 is 0. The summed E-state index contributed by atoms with van der Waals surface area (Å²) in [4.78, 5) is 11.9. The molecule has 0 aromatic heterocycles. The molecule has 2 rings (SSSR count). The van der Waals surface area contributed by atoms with E-state index >= 15 is 0 Å². The highest BCUT2D eigenvalue weighted by Gasteiger charge is 2.05. The number of hydrazone groups is 1. The summed E-state index contributed by atoms with van der Waals surface area (Å²) in [5.41, 5.74) is 3.90. The van der Waals surface area contributed by atoms with Crippen molar-refractivity contribution in [2.45, 2.75) is 20.3 Å². The van der Waals surface area contributed by atoms with Crippen LogP contribution in [-0.4, -0.2) is 25.3 Å². The summed E-state index contributed by atoms with van der Waals surface area (Å²) < 4.78 is 23.9. The van der Waals surface area contributed by atoms with Gasteiger partial charge in [-0.25, -0.2) is 9.82 Å². The first-order valence-electron chi connectivity index (χ1n) is 8.08. The summed E-state index contributed by atoms with van der Waals surface area (Å²) in [7, 11) is 0. The first kappa shape index (κ1) is 18.4. The number of hydrogen-bond acceptors (Lipinski definition) is 4. The topological polar surface area (TPSA) is 59.9 Å². The Balaban J connectivity index is 1.98. The van der Waals surface area contributed by atoms with Crippen LogP contribution in [0.15, 0.2) is 47.6 Å². The van der Waals surface area contributed by atoms with Crippen LogP contribution < -0.4 is 14.9 Å². The number of carbonyl (C=O) groups is 1. The highest BCUT2D eigenvalue weighted by atomic mass is 19.1. The summed E-state index contributed by atoms with van der Waals surface area (Å²) in [6.45, 7) is 4.87. The zero-order chi connectivity index (χ0) is 18.1. The van der Waals surface area contributed by atoms with E-state index in [9.17, 15) is 9.18 Å². The van der Waals surface area contributed by atoms with Gasteiger partial charge in [0.05, 0.1) is 25.8 Å². The molecule has 0 aliphatic heterocycles. The molecule has 132 valence electrons. The van der Waals surface area contributed by atoms with Crippen molar-refractivity contribution in [2.24, 2.45) is 5.10 Å². The molecule has 0 saturated carbocycles. The second-order valence-corrected chi connectivity index (χ2v) is 5.16. The maximum absolute atomic E-state index is 12.8. The lowest BCUT2D eigenvalue weighted by atomic mass is 10.1. The van der Waals surface area contributed by atoms with Crippen molar-refractivity contribution in [3.8, 4) is 11.5 Å². The number of nitrogens with zero attached hydrogens (tertiary/aromatic N) is 1. The van der Waals surface area contributed by atoms with Gasteiger partial charge in [-0.3, -0.25) is 4.79 Å². The molecule has 1 amide bonds. The Kier molecular flexibility index (Phi) is 6.95. The first-order valence-corrected chi connectivity index (χ1v) is 8.08. The lowest BCUT2D eigenvalue weighted by molar-refractivity contribution is -0.120. The number of nitrogens with one attached hydrogen (secondary N) is 1. The number of carbonyl (C=O) groups excluding carboxylic acids is 1. The van der Waals surface area contributed by atoms with Gasteiger partial charge in [0.1, 0.15) is 17.3 Å². The lowest BCUT2D eigenvalue weighted by Gasteiger charge is -2.10. The summed E-state index contributed by atoms with van der Waals surface area (Å²) in [5, 5.41) is 3.95. The van der Waals surface area contributed by atoms with E-state index in [1.165, 1.54) is 18.3 Å². The van der Waals surface area contributed by atoms with Crippen LogP contribution in [-0.2, 0) is 11.2 Å². The van der Waals surface area contributed by atoms with Crippen LogP contribution in [0.2, 0.25) is 0 Å². The molecule has 25 heavy (non-hydrogen) atoms. The minimum atomic E-state index is -0.332. The summed E-state index contributed by atoms with van der Waals surface area (Å²) in [6, 6.07) is 11.2. The van der Waals surface area contributed by atoms with Gasteiger partial charge in [-0.15, -0.1) is 0 Å². The Hall–Kier alpha value is -2.89.